The molecule has 2 unspecified atom stereocenters. The molecule has 0 aliphatic heterocycles. The average Bonchev–Trinajstić information content (AvgIpc) is 2.67. The Morgan fingerprint density at radius 2 is 1.36 bits per heavy atom. The van der Waals surface area contributed by atoms with Gasteiger partial charge in [0.1, 0.15) is 0 Å². The maximum absolute atomic E-state index is 10.9. The number of nitrogens with one attached hydrogen (secondary N) is 1. The van der Waals surface area contributed by atoms with Crippen molar-refractivity contribution in [1.29, 1.82) is 0 Å². The van der Waals surface area contributed by atoms with Crippen molar-refractivity contribution in [2.75, 3.05) is 6.54 Å². The van der Waals surface area contributed by atoms with E-state index >= 15 is 0 Å². The summed E-state index contributed by atoms with van der Waals surface area (Å²) in [7, 11) is 0. The molecule has 0 bridgehead atoms. The molecule has 0 saturated heterocycles. The molecule has 0 radical (unpaired) electrons. The summed E-state index contributed by atoms with van der Waals surface area (Å²) in [6.45, 7) is 0.786. The Kier molecular flexibility index (Phi) is 6.24. The first kappa shape index (κ1) is 17.7. The van der Waals surface area contributed by atoms with Crippen LogP contribution in [0.15, 0.2) is 84.9 Å². The fraction of sp³-hybridized carbons (Fsp3) is 0.182. The standard InChI is InChI=1S/C22H22ClNO/c23-20-13-11-19(12-14-20)22(25)21(18-9-5-2-6-10-18)24-16-15-17-7-3-1-4-8-17/h1-14,21-22,24-25H,15-16H2. The van der Waals surface area contributed by atoms with Crippen molar-refractivity contribution in [2.45, 2.75) is 18.6 Å². The van der Waals surface area contributed by atoms with Crippen LogP contribution in [0.1, 0.15) is 28.8 Å². The highest BCUT2D eigenvalue weighted by Gasteiger charge is 2.22. The average molecular weight is 352 g/mol. The number of aliphatic hydroxyl groups excluding tert-OH is 1. The second-order valence-electron chi connectivity index (χ2n) is 6.07. The van der Waals surface area contributed by atoms with Gasteiger partial charge in [0.15, 0.2) is 0 Å². The van der Waals surface area contributed by atoms with Crippen molar-refractivity contribution in [3.05, 3.63) is 107 Å². The number of aliphatic hydroxyl groups is 1. The van der Waals surface area contributed by atoms with Gasteiger partial charge in [-0.1, -0.05) is 84.4 Å². The third-order valence-electron chi connectivity index (χ3n) is 4.31. The zero-order valence-corrected chi connectivity index (χ0v) is 14.7. The van der Waals surface area contributed by atoms with Crippen molar-refractivity contribution >= 4 is 11.6 Å². The molecule has 0 aliphatic rings. The van der Waals surface area contributed by atoms with E-state index in [4.69, 9.17) is 11.6 Å². The van der Waals surface area contributed by atoms with Crippen LogP contribution in [0, 0.1) is 0 Å². The van der Waals surface area contributed by atoms with E-state index in [1.807, 2.05) is 72.8 Å². The van der Waals surface area contributed by atoms with Crippen LogP contribution < -0.4 is 5.32 Å². The third kappa shape index (κ3) is 4.93. The Morgan fingerprint density at radius 1 is 0.760 bits per heavy atom. The van der Waals surface area contributed by atoms with E-state index in [1.54, 1.807) is 0 Å². The molecule has 0 fully saturated rings. The van der Waals surface area contributed by atoms with Gasteiger partial charge in [-0.2, -0.15) is 0 Å². The van der Waals surface area contributed by atoms with Crippen molar-refractivity contribution in [3.63, 3.8) is 0 Å². The number of benzene rings is 3. The predicted molar refractivity (Wildman–Crippen MR) is 104 cm³/mol. The summed E-state index contributed by atoms with van der Waals surface area (Å²) in [6, 6.07) is 27.6. The minimum absolute atomic E-state index is 0.175. The Balaban J connectivity index is 1.74. The molecule has 2 nitrogen and oxygen atoms in total. The van der Waals surface area contributed by atoms with Crippen molar-refractivity contribution < 1.29 is 5.11 Å². The van der Waals surface area contributed by atoms with Crippen LogP contribution in [0.4, 0.5) is 0 Å². The van der Waals surface area contributed by atoms with E-state index in [0.29, 0.717) is 5.02 Å². The van der Waals surface area contributed by atoms with Gasteiger partial charge in [-0.3, -0.25) is 0 Å². The van der Waals surface area contributed by atoms with Crippen LogP contribution in [0.25, 0.3) is 0 Å². The maximum atomic E-state index is 10.9. The zero-order valence-electron chi connectivity index (χ0n) is 14.0. The molecule has 3 heteroatoms. The normalized spacial score (nSPS) is 13.4. The van der Waals surface area contributed by atoms with Gasteiger partial charge in [0.05, 0.1) is 12.1 Å². The lowest BCUT2D eigenvalue weighted by Gasteiger charge is -2.25. The SMILES string of the molecule is OC(c1ccc(Cl)cc1)C(NCCc1ccccc1)c1ccccc1. The van der Waals surface area contributed by atoms with E-state index in [0.717, 1.165) is 24.1 Å². The van der Waals surface area contributed by atoms with E-state index in [-0.39, 0.29) is 6.04 Å². The number of rotatable bonds is 7. The summed E-state index contributed by atoms with van der Waals surface area (Å²) in [4.78, 5) is 0. The first-order valence-corrected chi connectivity index (χ1v) is 8.87. The van der Waals surface area contributed by atoms with Gasteiger partial charge in [-0.15, -0.1) is 0 Å². The van der Waals surface area contributed by atoms with Crippen LogP contribution in [-0.4, -0.2) is 11.7 Å². The molecule has 0 aliphatic carbocycles. The molecule has 25 heavy (non-hydrogen) atoms. The Hall–Kier alpha value is -2.13. The fourth-order valence-electron chi connectivity index (χ4n) is 2.94. The van der Waals surface area contributed by atoms with Crippen LogP contribution in [-0.2, 0) is 6.42 Å². The second-order valence-corrected chi connectivity index (χ2v) is 6.51. The first-order chi connectivity index (χ1) is 12.2. The molecular weight excluding hydrogens is 330 g/mol. The van der Waals surface area contributed by atoms with E-state index in [9.17, 15) is 5.11 Å². The lowest BCUT2D eigenvalue weighted by molar-refractivity contribution is 0.129. The second kappa shape index (κ2) is 8.82. The van der Waals surface area contributed by atoms with Crippen molar-refractivity contribution in [3.8, 4) is 0 Å². The van der Waals surface area contributed by atoms with Crippen LogP contribution in [0.2, 0.25) is 5.02 Å². The number of hydrogen-bond acceptors (Lipinski definition) is 2. The topological polar surface area (TPSA) is 32.3 Å². The highest BCUT2D eigenvalue weighted by molar-refractivity contribution is 6.30. The molecule has 3 aromatic carbocycles. The van der Waals surface area contributed by atoms with Gasteiger partial charge in [-0.25, -0.2) is 0 Å². The molecular formula is C22H22ClNO. The van der Waals surface area contributed by atoms with Gasteiger partial charge >= 0.3 is 0 Å². The minimum Gasteiger partial charge on any atom is -0.386 e. The highest BCUT2D eigenvalue weighted by Crippen LogP contribution is 2.29. The number of halogens is 1. The lowest BCUT2D eigenvalue weighted by atomic mass is 9.95. The summed E-state index contributed by atoms with van der Waals surface area (Å²) in [5.41, 5.74) is 3.20. The van der Waals surface area contributed by atoms with Crippen LogP contribution in [0.3, 0.4) is 0 Å². The molecule has 128 valence electrons. The van der Waals surface area contributed by atoms with Gasteiger partial charge < -0.3 is 10.4 Å². The lowest BCUT2D eigenvalue weighted by Crippen LogP contribution is -2.29. The molecule has 0 spiro atoms. The van der Waals surface area contributed by atoms with Crippen LogP contribution >= 0.6 is 11.6 Å². The van der Waals surface area contributed by atoms with E-state index in [2.05, 4.69) is 17.4 Å². The summed E-state index contributed by atoms with van der Waals surface area (Å²) < 4.78 is 0. The Morgan fingerprint density at radius 3 is 2.00 bits per heavy atom. The van der Waals surface area contributed by atoms with Gasteiger partial charge in [-0.05, 0) is 41.8 Å². The maximum Gasteiger partial charge on any atom is 0.0984 e. The fourth-order valence-corrected chi connectivity index (χ4v) is 3.07. The Labute approximate surface area is 154 Å². The largest absolute Gasteiger partial charge is 0.386 e. The molecule has 3 rings (SSSR count). The summed E-state index contributed by atoms with van der Waals surface area (Å²) >= 11 is 5.97. The van der Waals surface area contributed by atoms with Gasteiger partial charge in [0.25, 0.3) is 0 Å². The van der Waals surface area contributed by atoms with Crippen molar-refractivity contribution in [1.82, 2.24) is 5.32 Å². The first-order valence-electron chi connectivity index (χ1n) is 8.50. The predicted octanol–water partition coefficient (Wildman–Crippen LogP) is 4.95. The minimum atomic E-state index is -0.643. The van der Waals surface area contributed by atoms with Crippen LogP contribution in [0.5, 0.6) is 0 Å². The summed E-state index contributed by atoms with van der Waals surface area (Å²) in [6.07, 6.45) is 0.271. The smallest absolute Gasteiger partial charge is 0.0984 e. The molecule has 0 saturated carbocycles. The highest BCUT2D eigenvalue weighted by atomic mass is 35.5. The monoisotopic (exact) mass is 351 g/mol. The van der Waals surface area contributed by atoms with Gasteiger partial charge in [0, 0.05) is 5.02 Å². The van der Waals surface area contributed by atoms with Crippen molar-refractivity contribution in [2.24, 2.45) is 0 Å². The molecule has 0 amide bonds. The summed E-state index contributed by atoms with van der Waals surface area (Å²) in [5, 5.41) is 15.1. The Bertz CT molecular complexity index is 759. The molecule has 2 atom stereocenters. The number of hydrogen-bond donors (Lipinski definition) is 2. The molecule has 3 aromatic rings. The quantitative estimate of drug-likeness (QED) is 0.631. The van der Waals surface area contributed by atoms with E-state index in [1.165, 1.54) is 5.56 Å². The van der Waals surface area contributed by atoms with Gasteiger partial charge in [0.2, 0.25) is 0 Å². The third-order valence-corrected chi connectivity index (χ3v) is 4.56. The van der Waals surface area contributed by atoms with E-state index < -0.39 is 6.10 Å². The summed E-state index contributed by atoms with van der Waals surface area (Å²) in [5.74, 6) is 0. The molecule has 2 N–H and O–H groups in total. The zero-order chi connectivity index (χ0) is 17.5. The molecule has 0 heterocycles. The molecule has 0 aromatic heterocycles.